The summed E-state index contributed by atoms with van der Waals surface area (Å²) in [6.45, 7) is 4.76. The van der Waals surface area contributed by atoms with E-state index in [0.717, 1.165) is 22.6 Å². The van der Waals surface area contributed by atoms with Crippen LogP contribution in [-0.2, 0) is 6.54 Å². The molecule has 0 spiro atoms. The van der Waals surface area contributed by atoms with E-state index in [2.05, 4.69) is 41.5 Å². The lowest BCUT2D eigenvalue weighted by molar-refractivity contribution is 0.0946. The highest BCUT2D eigenvalue weighted by Crippen LogP contribution is 2.32. The van der Waals surface area contributed by atoms with Gasteiger partial charge in [0.2, 0.25) is 6.79 Å². The van der Waals surface area contributed by atoms with Crippen molar-refractivity contribution in [2.45, 2.75) is 20.4 Å². The molecule has 0 aliphatic carbocycles. The fraction of sp³-hybridized carbons (Fsp3) is 0.200. The topological polar surface area (TPSA) is 76.2 Å². The van der Waals surface area contributed by atoms with Gasteiger partial charge in [-0.3, -0.25) is 9.89 Å². The second-order valence-corrected chi connectivity index (χ2v) is 6.34. The maximum absolute atomic E-state index is 12.4. The van der Waals surface area contributed by atoms with E-state index in [0.29, 0.717) is 18.0 Å². The van der Waals surface area contributed by atoms with Crippen LogP contribution >= 0.6 is 0 Å². The molecule has 1 aliphatic heterocycles. The van der Waals surface area contributed by atoms with Crippen LogP contribution in [0.15, 0.2) is 42.5 Å². The summed E-state index contributed by atoms with van der Waals surface area (Å²) in [4.78, 5) is 12.4. The summed E-state index contributed by atoms with van der Waals surface area (Å²) < 4.78 is 10.6. The molecule has 2 heterocycles. The van der Waals surface area contributed by atoms with Crippen molar-refractivity contribution in [3.8, 4) is 22.8 Å². The number of nitrogens with zero attached hydrogens (tertiary/aromatic N) is 1. The Hall–Kier alpha value is -3.28. The summed E-state index contributed by atoms with van der Waals surface area (Å²) in [5.74, 6) is 1.23. The van der Waals surface area contributed by atoms with Gasteiger partial charge >= 0.3 is 0 Å². The molecule has 0 bridgehead atoms. The van der Waals surface area contributed by atoms with E-state index in [9.17, 15) is 4.79 Å². The van der Waals surface area contributed by atoms with Crippen LogP contribution in [0.5, 0.6) is 11.5 Å². The second kappa shape index (κ2) is 6.55. The van der Waals surface area contributed by atoms with Gasteiger partial charge in [-0.25, -0.2) is 0 Å². The number of benzene rings is 2. The Bertz CT molecular complexity index is 978. The number of aryl methyl sites for hydroxylation is 2. The molecule has 0 saturated heterocycles. The third kappa shape index (κ3) is 3.13. The van der Waals surface area contributed by atoms with Gasteiger partial charge in [0, 0.05) is 12.1 Å². The molecule has 0 unspecified atom stereocenters. The van der Waals surface area contributed by atoms with Crippen LogP contribution in [0.1, 0.15) is 27.2 Å². The van der Waals surface area contributed by atoms with Crippen molar-refractivity contribution in [1.82, 2.24) is 15.5 Å². The van der Waals surface area contributed by atoms with E-state index in [1.165, 1.54) is 11.1 Å². The number of ether oxygens (including phenoxy) is 2. The first-order valence-electron chi connectivity index (χ1n) is 8.40. The Kier molecular flexibility index (Phi) is 4.08. The molecule has 0 saturated carbocycles. The molecule has 1 aliphatic rings. The van der Waals surface area contributed by atoms with Crippen molar-refractivity contribution in [2.75, 3.05) is 6.79 Å². The third-order valence-electron chi connectivity index (χ3n) is 4.52. The van der Waals surface area contributed by atoms with Crippen LogP contribution in [-0.4, -0.2) is 22.9 Å². The van der Waals surface area contributed by atoms with Gasteiger partial charge in [-0.2, -0.15) is 5.10 Å². The minimum atomic E-state index is -0.203. The summed E-state index contributed by atoms with van der Waals surface area (Å²) >= 11 is 0. The van der Waals surface area contributed by atoms with E-state index in [1.807, 2.05) is 24.3 Å². The van der Waals surface area contributed by atoms with Crippen molar-refractivity contribution in [1.29, 1.82) is 0 Å². The fourth-order valence-corrected chi connectivity index (χ4v) is 2.82. The van der Waals surface area contributed by atoms with Gasteiger partial charge in [0.05, 0.1) is 5.69 Å². The Morgan fingerprint density at radius 3 is 2.77 bits per heavy atom. The number of fused-ring (bicyclic) bond motifs is 1. The van der Waals surface area contributed by atoms with Crippen LogP contribution in [0.3, 0.4) is 0 Å². The van der Waals surface area contributed by atoms with Gasteiger partial charge in [0.25, 0.3) is 5.91 Å². The number of carbonyl (C=O) groups is 1. The number of hydrogen-bond donors (Lipinski definition) is 2. The van der Waals surface area contributed by atoms with Crippen LogP contribution in [0.2, 0.25) is 0 Å². The summed E-state index contributed by atoms with van der Waals surface area (Å²) in [5, 5.41) is 9.95. The fourth-order valence-electron chi connectivity index (χ4n) is 2.82. The first-order valence-corrected chi connectivity index (χ1v) is 8.40. The van der Waals surface area contributed by atoms with Crippen molar-refractivity contribution >= 4 is 5.91 Å². The van der Waals surface area contributed by atoms with E-state index in [-0.39, 0.29) is 12.7 Å². The Labute approximate surface area is 151 Å². The molecular weight excluding hydrogens is 330 g/mol. The predicted octanol–water partition coefficient (Wildman–Crippen LogP) is 3.35. The smallest absolute Gasteiger partial charge is 0.269 e. The first kappa shape index (κ1) is 16.2. The van der Waals surface area contributed by atoms with Gasteiger partial charge in [0.15, 0.2) is 11.5 Å². The first-order chi connectivity index (χ1) is 12.6. The Morgan fingerprint density at radius 2 is 1.92 bits per heavy atom. The number of rotatable bonds is 4. The largest absolute Gasteiger partial charge is 0.454 e. The van der Waals surface area contributed by atoms with E-state index < -0.39 is 0 Å². The van der Waals surface area contributed by atoms with Crippen LogP contribution in [0.4, 0.5) is 0 Å². The molecule has 1 amide bonds. The molecule has 26 heavy (non-hydrogen) atoms. The lowest BCUT2D eigenvalue weighted by atomic mass is 10.0. The van der Waals surface area contributed by atoms with Gasteiger partial charge in [0.1, 0.15) is 5.69 Å². The third-order valence-corrected chi connectivity index (χ3v) is 4.52. The number of nitrogens with one attached hydrogen (secondary N) is 2. The molecule has 132 valence electrons. The Morgan fingerprint density at radius 1 is 1.08 bits per heavy atom. The summed E-state index contributed by atoms with van der Waals surface area (Å²) in [5.41, 5.74) is 5.53. The summed E-state index contributed by atoms with van der Waals surface area (Å²) in [6.07, 6.45) is 0. The monoisotopic (exact) mass is 349 g/mol. The van der Waals surface area contributed by atoms with Crippen molar-refractivity contribution in [2.24, 2.45) is 0 Å². The maximum Gasteiger partial charge on any atom is 0.269 e. The van der Waals surface area contributed by atoms with E-state index >= 15 is 0 Å². The maximum atomic E-state index is 12.4. The summed E-state index contributed by atoms with van der Waals surface area (Å²) in [6, 6.07) is 13.5. The molecular formula is C20H19N3O3. The molecule has 1 aromatic heterocycles. The van der Waals surface area contributed by atoms with E-state index in [4.69, 9.17) is 9.47 Å². The standard InChI is InChI=1S/C20H19N3O3/c1-12-3-5-15(7-13(12)2)16-9-17(23-22-16)20(24)21-10-14-4-6-18-19(8-14)26-11-25-18/h3-9H,10-11H2,1-2H3,(H,21,24)(H,22,23). The van der Waals surface area contributed by atoms with Crippen molar-refractivity contribution in [3.63, 3.8) is 0 Å². The predicted molar refractivity (Wildman–Crippen MR) is 97.2 cm³/mol. The second-order valence-electron chi connectivity index (χ2n) is 6.34. The SMILES string of the molecule is Cc1ccc(-c2cc(C(=O)NCc3ccc4c(c3)OCO4)[nH]n2)cc1C. The normalized spacial score (nSPS) is 12.2. The quantitative estimate of drug-likeness (QED) is 0.757. The molecule has 6 heteroatoms. The Balaban J connectivity index is 1.44. The minimum Gasteiger partial charge on any atom is -0.454 e. The molecule has 6 nitrogen and oxygen atoms in total. The van der Waals surface area contributed by atoms with E-state index in [1.54, 1.807) is 6.07 Å². The molecule has 2 N–H and O–H groups in total. The van der Waals surface area contributed by atoms with Gasteiger partial charge < -0.3 is 14.8 Å². The average molecular weight is 349 g/mol. The van der Waals surface area contributed by atoms with Crippen molar-refractivity contribution in [3.05, 3.63) is 64.8 Å². The number of hydrogen-bond acceptors (Lipinski definition) is 4. The highest BCUT2D eigenvalue weighted by Gasteiger charge is 2.15. The number of carbonyl (C=O) groups excluding carboxylic acids is 1. The van der Waals surface area contributed by atoms with Gasteiger partial charge in [-0.1, -0.05) is 18.2 Å². The number of aromatic amines is 1. The van der Waals surface area contributed by atoms with Gasteiger partial charge in [-0.15, -0.1) is 0 Å². The zero-order chi connectivity index (χ0) is 18.1. The highest BCUT2D eigenvalue weighted by atomic mass is 16.7. The van der Waals surface area contributed by atoms with Crippen LogP contribution < -0.4 is 14.8 Å². The average Bonchev–Trinajstić information content (AvgIpc) is 3.30. The van der Waals surface area contributed by atoms with Crippen molar-refractivity contribution < 1.29 is 14.3 Å². The van der Waals surface area contributed by atoms with Crippen LogP contribution in [0.25, 0.3) is 11.3 Å². The lowest BCUT2D eigenvalue weighted by Gasteiger charge is -2.05. The molecule has 2 aromatic carbocycles. The highest BCUT2D eigenvalue weighted by molar-refractivity contribution is 5.93. The summed E-state index contributed by atoms with van der Waals surface area (Å²) in [7, 11) is 0. The minimum absolute atomic E-state index is 0.203. The van der Waals surface area contributed by atoms with Crippen LogP contribution in [0, 0.1) is 13.8 Å². The number of amides is 1. The molecule has 0 radical (unpaired) electrons. The molecule has 4 rings (SSSR count). The van der Waals surface area contributed by atoms with Gasteiger partial charge in [-0.05, 0) is 54.8 Å². The lowest BCUT2D eigenvalue weighted by Crippen LogP contribution is -2.23. The number of aromatic nitrogens is 2. The molecule has 3 aromatic rings. The zero-order valence-corrected chi connectivity index (χ0v) is 14.6. The zero-order valence-electron chi connectivity index (χ0n) is 14.6. The molecule has 0 atom stereocenters. The molecule has 0 fully saturated rings. The number of H-pyrrole nitrogens is 1.